The first-order valence-electron chi connectivity index (χ1n) is 6.93. The lowest BCUT2D eigenvalue weighted by molar-refractivity contribution is 0.528. The number of rotatable bonds is 6. The summed E-state index contributed by atoms with van der Waals surface area (Å²) in [6, 6.07) is 6.41. The highest BCUT2D eigenvalue weighted by atomic mass is 15.3. The van der Waals surface area contributed by atoms with E-state index in [-0.39, 0.29) is 6.04 Å². The molecule has 4 nitrogen and oxygen atoms in total. The van der Waals surface area contributed by atoms with Crippen LogP contribution in [0.4, 0.5) is 0 Å². The molecule has 0 aliphatic carbocycles. The van der Waals surface area contributed by atoms with Crippen LogP contribution in [0.2, 0.25) is 0 Å². The molecule has 0 saturated heterocycles. The summed E-state index contributed by atoms with van der Waals surface area (Å²) in [5.41, 5.74) is 3.45. The van der Waals surface area contributed by atoms with E-state index in [2.05, 4.69) is 46.1 Å². The molecule has 0 saturated carbocycles. The topological polar surface area (TPSA) is 42.7 Å². The minimum atomic E-state index is 0.162. The number of aromatic nitrogens is 3. The fraction of sp³-hybridized carbons (Fsp3) is 0.467. The van der Waals surface area contributed by atoms with Crippen LogP contribution in [-0.4, -0.2) is 21.3 Å². The van der Waals surface area contributed by atoms with Crippen LogP contribution in [0, 0.1) is 6.92 Å². The maximum absolute atomic E-state index is 4.54. The fourth-order valence-corrected chi connectivity index (χ4v) is 2.28. The summed E-state index contributed by atoms with van der Waals surface area (Å²) in [7, 11) is 0. The Balaban J connectivity index is 2.36. The molecule has 0 spiro atoms. The molecule has 2 aromatic rings. The first-order chi connectivity index (χ1) is 9.26. The second kappa shape index (κ2) is 6.48. The van der Waals surface area contributed by atoms with E-state index in [0.717, 1.165) is 25.2 Å². The zero-order valence-corrected chi connectivity index (χ0v) is 11.9. The summed E-state index contributed by atoms with van der Waals surface area (Å²) in [5.74, 6) is 0. The van der Waals surface area contributed by atoms with Gasteiger partial charge in [0.05, 0.1) is 17.4 Å². The Morgan fingerprint density at radius 3 is 2.84 bits per heavy atom. The summed E-state index contributed by atoms with van der Waals surface area (Å²) in [6.07, 6.45) is 4.84. The van der Waals surface area contributed by atoms with Crippen molar-refractivity contribution in [1.82, 2.24) is 20.1 Å². The summed E-state index contributed by atoms with van der Waals surface area (Å²) in [4.78, 5) is 4.23. The maximum atomic E-state index is 4.54. The molecule has 2 heterocycles. The van der Waals surface area contributed by atoms with Crippen molar-refractivity contribution < 1.29 is 0 Å². The average molecular weight is 258 g/mol. The van der Waals surface area contributed by atoms with E-state index in [1.807, 2.05) is 25.4 Å². The molecule has 1 N–H and O–H groups in total. The predicted octanol–water partition coefficient (Wildman–Crippen LogP) is 2.70. The molecule has 19 heavy (non-hydrogen) atoms. The van der Waals surface area contributed by atoms with Crippen LogP contribution in [0.5, 0.6) is 0 Å². The van der Waals surface area contributed by atoms with Gasteiger partial charge in [0.25, 0.3) is 0 Å². The minimum absolute atomic E-state index is 0.162. The van der Waals surface area contributed by atoms with Crippen LogP contribution in [0.25, 0.3) is 0 Å². The molecule has 0 aliphatic heterocycles. The quantitative estimate of drug-likeness (QED) is 0.866. The van der Waals surface area contributed by atoms with Crippen LogP contribution in [-0.2, 0) is 6.54 Å². The van der Waals surface area contributed by atoms with Crippen LogP contribution >= 0.6 is 0 Å². The molecule has 0 radical (unpaired) electrons. The molecule has 0 aliphatic rings. The van der Waals surface area contributed by atoms with Gasteiger partial charge in [-0.15, -0.1) is 0 Å². The Morgan fingerprint density at radius 1 is 1.37 bits per heavy atom. The Hall–Kier alpha value is -1.68. The van der Waals surface area contributed by atoms with Crippen molar-refractivity contribution in [2.75, 3.05) is 6.54 Å². The van der Waals surface area contributed by atoms with Crippen molar-refractivity contribution >= 4 is 0 Å². The molecule has 0 aromatic carbocycles. The standard InChI is InChI=1S/C15H22N4/c1-4-8-17-15(13-7-6-9-16-11-13)14-10-12(3)18-19(14)5-2/h6-7,9-11,15,17H,4-5,8H2,1-3H3. The van der Waals surface area contributed by atoms with Gasteiger partial charge in [0, 0.05) is 18.9 Å². The third kappa shape index (κ3) is 3.20. The molecule has 4 heteroatoms. The summed E-state index contributed by atoms with van der Waals surface area (Å²) in [6.45, 7) is 8.20. The second-order valence-corrected chi connectivity index (χ2v) is 4.70. The molecule has 102 valence electrons. The summed E-state index contributed by atoms with van der Waals surface area (Å²) < 4.78 is 2.07. The van der Waals surface area contributed by atoms with Gasteiger partial charge < -0.3 is 5.32 Å². The molecule has 0 bridgehead atoms. The van der Waals surface area contributed by atoms with Crippen molar-refractivity contribution in [3.63, 3.8) is 0 Å². The van der Waals surface area contributed by atoms with E-state index in [1.54, 1.807) is 0 Å². The first-order valence-corrected chi connectivity index (χ1v) is 6.93. The van der Waals surface area contributed by atoms with Gasteiger partial charge in [-0.05, 0) is 44.5 Å². The zero-order chi connectivity index (χ0) is 13.7. The normalized spacial score (nSPS) is 12.6. The lowest BCUT2D eigenvalue weighted by atomic mass is 10.1. The average Bonchev–Trinajstić information content (AvgIpc) is 2.81. The highest BCUT2D eigenvalue weighted by Crippen LogP contribution is 2.22. The van der Waals surface area contributed by atoms with E-state index in [4.69, 9.17) is 0 Å². The third-order valence-corrected chi connectivity index (χ3v) is 3.14. The van der Waals surface area contributed by atoms with Crippen molar-refractivity contribution in [1.29, 1.82) is 0 Å². The van der Waals surface area contributed by atoms with Crippen LogP contribution < -0.4 is 5.32 Å². The smallest absolute Gasteiger partial charge is 0.0763 e. The molecule has 2 aromatic heterocycles. The van der Waals surface area contributed by atoms with E-state index < -0.39 is 0 Å². The Kier molecular flexibility index (Phi) is 4.68. The second-order valence-electron chi connectivity index (χ2n) is 4.70. The van der Waals surface area contributed by atoms with Gasteiger partial charge >= 0.3 is 0 Å². The Labute approximate surface area is 114 Å². The van der Waals surface area contributed by atoms with Crippen molar-refractivity contribution in [2.24, 2.45) is 0 Å². The number of nitrogens with one attached hydrogen (secondary N) is 1. The Bertz CT molecular complexity index is 504. The molecule has 0 fully saturated rings. The van der Waals surface area contributed by atoms with Gasteiger partial charge in [-0.25, -0.2) is 0 Å². The van der Waals surface area contributed by atoms with Crippen LogP contribution in [0.15, 0.2) is 30.6 Å². The number of hydrogen-bond donors (Lipinski definition) is 1. The molecule has 2 rings (SSSR count). The van der Waals surface area contributed by atoms with Crippen LogP contribution in [0.1, 0.15) is 43.3 Å². The number of hydrogen-bond acceptors (Lipinski definition) is 3. The lowest BCUT2D eigenvalue weighted by Gasteiger charge is -2.19. The SMILES string of the molecule is CCCNC(c1cccnc1)c1cc(C)nn1CC. The van der Waals surface area contributed by atoms with E-state index in [0.29, 0.717) is 0 Å². The first kappa shape index (κ1) is 13.7. The van der Waals surface area contributed by atoms with Gasteiger partial charge in [-0.3, -0.25) is 9.67 Å². The monoisotopic (exact) mass is 258 g/mol. The molecule has 1 unspecified atom stereocenters. The highest BCUT2D eigenvalue weighted by molar-refractivity contribution is 5.26. The Morgan fingerprint density at radius 2 is 2.21 bits per heavy atom. The number of pyridine rings is 1. The highest BCUT2D eigenvalue weighted by Gasteiger charge is 2.18. The third-order valence-electron chi connectivity index (χ3n) is 3.14. The lowest BCUT2D eigenvalue weighted by Crippen LogP contribution is -2.25. The molecular formula is C15H22N4. The van der Waals surface area contributed by atoms with E-state index >= 15 is 0 Å². The summed E-state index contributed by atoms with van der Waals surface area (Å²) >= 11 is 0. The van der Waals surface area contributed by atoms with E-state index in [1.165, 1.54) is 11.3 Å². The van der Waals surface area contributed by atoms with Gasteiger partial charge in [0.1, 0.15) is 0 Å². The maximum Gasteiger partial charge on any atom is 0.0763 e. The molecule has 0 amide bonds. The molecule has 1 atom stereocenters. The fourth-order valence-electron chi connectivity index (χ4n) is 2.28. The van der Waals surface area contributed by atoms with Gasteiger partial charge in [0.2, 0.25) is 0 Å². The minimum Gasteiger partial charge on any atom is -0.305 e. The van der Waals surface area contributed by atoms with Crippen molar-refractivity contribution in [3.8, 4) is 0 Å². The number of nitrogens with zero attached hydrogens (tertiary/aromatic N) is 3. The van der Waals surface area contributed by atoms with Crippen LogP contribution in [0.3, 0.4) is 0 Å². The van der Waals surface area contributed by atoms with Crippen molar-refractivity contribution in [3.05, 3.63) is 47.5 Å². The molecular weight excluding hydrogens is 236 g/mol. The largest absolute Gasteiger partial charge is 0.305 e. The van der Waals surface area contributed by atoms with E-state index in [9.17, 15) is 0 Å². The van der Waals surface area contributed by atoms with Crippen molar-refractivity contribution in [2.45, 2.75) is 39.8 Å². The predicted molar refractivity (Wildman–Crippen MR) is 77.0 cm³/mol. The summed E-state index contributed by atoms with van der Waals surface area (Å²) in [5, 5.41) is 8.13. The van der Waals surface area contributed by atoms with Gasteiger partial charge in [-0.2, -0.15) is 5.10 Å². The van der Waals surface area contributed by atoms with Gasteiger partial charge in [0.15, 0.2) is 0 Å². The number of aryl methyl sites for hydroxylation is 2. The zero-order valence-electron chi connectivity index (χ0n) is 11.9. The van der Waals surface area contributed by atoms with Gasteiger partial charge in [-0.1, -0.05) is 13.0 Å².